The molecule has 9 nitrogen and oxygen atoms in total. The average Bonchev–Trinajstić information content (AvgIpc) is 3.85. The summed E-state index contributed by atoms with van der Waals surface area (Å²) in [5.41, 5.74) is 0. The zero-order valence-electron chi connectivity index (χ0n) is 31.7. The van der Waals surface area contributed by atoms with Gasteiger partial charge >= 0.3 is 19.8 Å². The Kier molecular flexibility index (Phi) is 29.7. The van der Waals surface area contributed by atoms with Crippen LogP contribution in [-0.4, -0.2) is 53.3 Å². The van der Waals surface area contributed by atoms with E-state index >= 15 is 0 Å². The maximum atomic E-state index is 12.4. The van der Waals surface area contributed by atoms with Gasteiger partial charge in [0.05, 0.1) is 18.8 Å². The third-order valence-corrected chi connectivity index (χ3v) is 8.92. The monoisotopic (exact) mass is 736 g/mol. The van der Waals surface area contributed by atoms with Crippen molar-refractivity contribution in [3.63, 3.8) is 0 Å². The van der Waals surface area contributed by atoms with E-state index in [0.717, 1.165) is 57.8 Å². The predicted molar refractivity (Wildman–Crippen MR) is 206 cm³/mol. The Hall–Kier alpha value is -2.29. The fourth-order valence-electron chi connectivity index (χ4n) is 5.37. The van der Waals surface area contributed by atoms with E-state index in [1.165, 1.54) is 51.4 Å². The van der Waals surface area contributed by atoms with Crippen LogP contribution in [0.5, 0.6) is 0 Å². The van der Waals surface area contributed by atoms with Gasteiger partial charge in [0.25, 0.3) is 0 Å². The summed E-state index contributed by atoms with van der Waals surface area (Å²) in [6, 6.07) is 0. The second kappa shape index (κ2) is 32.4. The fraction of sp³-hybridized carbons (Fsp3) is 0.707. The van der Waals surface area contributed by atoms with Crippen LogP contribution in [0.1, 0.15) is 155 Å². The number of unbranched alkanes of at least 4 members (excludes halogenated alkanes) is 11. The van der Waals surface area contributed by atoms with Crippen LogP contribution in [0, 0.1) is 0 Å². The van der Waals surface area contributed by atoms with Gasteiger partial charge in [-0.1, -0.05) is 126 Å². The molecule has 0 aromatic rings. The van der Waals surface area contributed by atoms with Crippen LogP contribution in [0.15, 0.2) is 60.8 Å². The first-order valence-corrected chi connectivity index (χ1v) is 21.2. The standard InChI is InChI=1S/C41H69O9P/c1-3-5-7-8-9-10-11-12-13-14-15-19-22-25-29-33-40(42)47-35-37(36-48-51(44,45)46)49-41(43)34-30-26-23-20-17-16-18-21-24-28-32-39-38(50-39)31-27-6-4-2/h9-10,12-13,16,18,20,23-24,28,37-39H,3-8,11,14-15,17,19,21-22,25-27,29-36H2,1-2H3,(H2,44,45,46)/b10-9-,13-12-,18-16-,23-20-,28-24-/t37-,38?,39?/m1/s1. The number of epoxide rings is 1. The molecule has 1 rings (SSSR count). The predicted octanol–water partition coefficient (Wildman–Crippen LogP) is 10.7. The summed E-state index contributed by atoms with van der Waals surface area (Å²) in [4.78, 5) is 42.7. The molecule has 1 saturated heterocycles. The molecule has 51 heavy (non-hydrogen) atoms. The van der Waals surface area contributed by atoms with E-state index in [9.17, 15) is 14.2 Å². The Labute approximate surface area is 309 Å². The number of ether oxygens (including phenoxy) is 3. The van der Waals surface area contributed by atoms with Crippen molar-refractivity contribution in [1.29, 1.82) is 0 Å². The van der Waals surface area contributed by atoms with E-state index < -0.39 is 32.5 Å². The molecule has 0 amide bonds. The normalized spacial score (nSPS) is 17.1. The van der Waals surface area contributed by atoms with Crippen LogP contribution in [-0.2, 0) is 32.9 Å². The third kappa shape index (κ3) is 32.1. The van der Waals surface area contributed by atoms with E-state index in [-0.39, 0.29) is 19.4 Å². The van der Waals surface area contributed by atoms with Gasteiger partial charge in [-0.25, -0.2) is 4.57 Å². The SMILES string of the molecule is CCCCC/C=C\C/C=C\CCCCCCCC(=O)OC[C@H](COP(=O)(O)O)OC(=O)CCC/C=C\C/C=C\C/C=C\CC1OC1CCCCC. The van der Waals surface area contributed by atoms with Gasteiger partial charge in [0, 0.05) is 12.8 Å². The Balaban J connectivity index is 2.14. The molecule has 1 aliphatic heterocycles. The highest BCUT2D eigenvalue weighted by Crippen LogP contribution is 2.36. The lowest BCUT2D eigenvalue weighted by Gasteiger charge is -2.18. The zero-order valence-corrected chi connectivity index (χ0v) is 32.6. The minimum atomic E-state index is -4.78. The molecule has 1 fully saturated rings. The lowest BCUT2D eigenvalue weighted by molar-refractivity contribution is -0.161. The van der Waals surface area contributed by atoms with Gasteiger partial charge in [-0.05, 0) is 77.0 Å². The molecule has 0 aliphatic carbocycles. The zero-order chi connectivity index (χ0) is 37.3. The first-order valence-electron chi connectivity index (χ1n) is 19.7. The summed E-state index contributed by atoms with van der Waals surface area (Å²) in [5.74, 6) is -0.977. The number of carbonyl (C=O) groups is 2. The Bertz CT molecular complexity index is 1080. The van der Waals surface area contributed by atoms with Crippen LogP contribution in [0.2, 0.25) is 0 Å². The van der Waals surface area contributed by atoms with Crippen molar-refractivity contribution in [3.05, 3.63) is 60.8 Å². The minimum Gasteiger partial charge on any atom is -0.462 e. The molecule has 0 spiro atoms. The largest absolute Gasteiger partial charge is 0.469 e. The summed E-state index contributed by atoms with van der Waals surface area (Å²) < 4.78 is 32.0. The van der Waals surface area contributed by atoms with Gasteiger partial charge < -0.3 is 24.0 Å². The lowest BCUT2D eigenvalue weighted by atomic mass is 10.1. The van der Waals surface area contributed by atoms with E-state index in [1.807, 2.05) is 6.08 Å². The van der Waals surface area contributed by atoms with E-state index in [1.54, 1.807) is 0 Å². The van der Waals surface area contributed by atoms with Gasteiger partial charge in [0.15, 0.2) is 6.10 Å². The molecular formula is C41H69O9P. The van der Waals surface area contributed by atoms with Crippen LogP contribution in [0.3, 0.4) is 0 Å². The number of carbonyl (C=O) groups excluding carboxylic acids is 2. The van der Waals surface area contributed by atoms with Crippen molar-refractivity contribution >= 4 is 19.8 Å². The number of hydrogen-bond donors (Lipinski definition) is 2. The summed E-state index contributed by atoms with van der Waals surface area (Å²) in [7, 11) is -4.78. The number of hydrogen-bond acceptors (Lipinski definition) is 7. The van der Waals surface area contributed by atoms with Gasteiger partial charge in [-0.2, -0.15) is 0 Å². The highest BCUT2D eigenvalue weighted by molar-refractivity contribution is 7.46. The molecule has 0 bridgehead atoms. The fourth-order valence-corrected chi connectivity index (χ4v) is 5.73. The maximum Gasteiger partial charge on any atom is 0.469 e. The Morgan fingerprint density at radius 1 is 0.627 bits per heavy atom. The molecule has 0 aromatic carbocycles. The van der Waals surface area contributed by atoms with Crippen LogP contribution >= 0.6 is 7.82 Å². The second-order valence-electron chi connectivity index (χ2n) is 13.3. The van der Waals surface area contributed by atoms with E-state index in [4.69, 9.17) is 24.0 Å². The molecule has 1 aliphatic rings. The lowest BCUT2D eigenvalue weighted by Crippen LogP contribution is -2.29. The summed E-state index contributed by atoms with van der Waals surface area (Å²) >= 11 is 0. The summed E-state index contributed by atoms with van der Waals surface area (Å²) in [5, 5.41) is 0. The Morgan fingerprint density at radius 3 is 1.80 bits per heavy atom. The first-order chi connectivity index (χ1) is 24.7. The van der Waals surface area contributed by atoms with Gasteiger partial charge in [-0.3, -0.25) is 14.1 Å². The highest BCUT2D eigenvalue weighted by Gasteiger charge is 2.36. The molecule has 0 saturated carbocycles. The molecule has 2 N–H and O–H groups in total. The second-order valence-corrected chi connectivity index (χ2v) is 14.5. The number of phosphoric acid groups is 1. The molecule has 10 heteroatoms. The number of phosphoric ester groups is 1. The van der Waals surface area contributed by atoms with Gasteiger partial charge in [0.2, 0.25) is 0 Å². The van der Waals surface area contributed by atoms with Crippen LogP contribution in [0.25, 0.3) is 0 Å². The quantitative estimate of drug-likeness (QED) is 0.0218. The highest BCUT2D eigenvalue weighted by atomic mass is 31.2. The van der Waals surface area contributed by atoms with Crippen molar-refractivity contribution < 1.29 is 42.7 Å². The van der Waals surface area contributed by atoms with Crippen molar-refractivity contribution in [2.75, 3.05) is 13.2 Å². The number of rotatable bonds is 34. The van der Waals surface area contributed by atoms with Crippen molar-refractivity contribution in [3.8, 4) is 0 Å². The van der Waals surface area contributed by atoms with Crippen LogP contribution in [0.4, 0.5) is 0 Å². The molecular weight excluding hydrogens is 667 g/mol. The van der Waals surface area contributed by atoms with Gasteiger partial charge in [0.1, 0.15) is 6.61 Å². The topological polar surface area (TPSA) is 132 Å². The maximum absolute atomic E-state index is 12.4. The molecule has 0 aromatic heterocycles. The molecule has 292 valence electrons. The van der Waals surface area contributed by atoms with Crippen molar-refractivity contribution in [1.82, 2.24) is 0 Å². The summed E-state index contributed by atoms with van der Waals surface area (Å²) in [6.45, 7) is 3.55. The average molecular weight is 737 g/mol. The molecule has 0 radical (unpaired) electrons. The first kappa shape index (κ1) is 46.7. The number of esters is 2. The van der Waals surface area contributed by atoms with Crippen LogP contribution < -0.4 is 0 Å². The molecule has 2 unspecified atom stereocenters. The number of allylic oxidation sites excluding steroid dienone is 9. The van der Waals surface area contributed by atoms with Gasteiger partial charge in [-0.15, -0.1) is 0 Å². The van der Waals surface area contributed by atoms with Crippen molar-refractivity contribution in [2.45, 2.75) is 173 Å². The Morgan fingerprint density at radius 2 is 1.16 bits per heavy atom. The smallest absolute Gasteiger partial charge is 0.462 e. The minimum absolute atomic E-state index is 0.126. The van der Waals surface area contributed by atoms with E-state index in [0.29, 0.717) is 31.5 Å². The molecule has 3 atom stereocenters. The summed E-state index contributed by atoms with van der Waals surface area (Å²) in [6.07, 6.45) is 42.6. The van der Waals surface area contributed by atoms with E-state index in [2.05, 4.69) is 73.1 Å². The van der Waals surface area contributed by atoms with Crippen molar-refractivity contribution in [2.24, 2.45) is 0 Å². The molecule has 1 heterocycles. The third-order valence-electron chi connectivity index (χ3n) is 8.43.